The number of fused-ring (bicyclic) bond motifs is 2. The minimum atomic E-state index is -1.85. The molecule has 2 fully saturated rings. The van der Waals surface area contributed by atoms with Crippen LogP contribution in [0, 0.1) is 29.1 Å². The number of aliphatic hydroxyl groups excluding tert-OH is 3. The van der Waals surface area contributed by atoms with Gasteiger partial charge in [-0.05, 0) is 54.1 Å². The first kappa shape index (κ1) is 18.8. The van der Waals surface area contributed by atoms with Gasteiger partial charge in [-0.1, -0.05) is 33.4 Å². The first-order valence-electron chi connectivity index (χ1n) is 9.11. The number of rotatable bonds is 0. The highest BCUT2D eigenvalue weighted by Crippen LogP contribution is 2.62. The van der Waals surface area contributed by atoms with Crippen LogP contribution in [0.3, 0.4) is 0 Å². The van der Waals surface area contributed by atoms with Gasteiger partial charge in [0.15, 0.2) is 5.78 Å². The number of carbonyl (C=O) groups is 1. The summed E-state index contributed by atoms with van der Waals surface area (Å²) in [6.07, 6.45) is -0.880. The maximum atomic E-state index is 13.0. The van der Waals surface area contributed by atoms with Crippen molar-refractivity contribution in [2.45, 2.75) is 64.4 Å². The maximum absolute atomic E-state index is 13.0. The predicted molar refractivity (Wildman–Crippen MR) is 93.5 cm³/mol. The molecule has 8 atom stereocenters. The molecule has 0 heterocycles. The highest BCUT2D eigenvalue weighted by Gasteiger charge is 2.61. The Morgan fingerprint density at radius 3 is 2.44 bits per heavy atom. The molecule has 140 valence electrons. The second kappa shape index (κ2) is 5.74. The Morgan fingerprint density at radius 1 is 1.24 bits per heavy atom. The first-order chi connectivity index (χ1) is 11.4. The minimum absolute atomic E-state index is 0.0442. The first-order valence-corrected chi connectivity index (χ1v) is 9.11. The van der Waals surface area contributed by atoms with E-state index in [0.29, 0.717) is 12.0 Å². The molecule has 5 heteroatoms. The summed E-state index contributed by atoms with van der Waals surface area (Å²) in [6.45, 7) is 11.4. The van der Waals surface area contributed by atoms with Crippen molar-refractivity contribution in [3.63, 3.8) is 0 Å². The largest absolute Gasteiger partial charge is 0.392 e. The summed E-state index contributed by atoms with van der Waals surface area (Å²) in [6, 6.07) is 0. The molecule has 0 aromatic rings. The van der Waals surface area contributed by atoms with Gasteiger partial charge in [0.25, 0.3) is 0 Å². The summed E-state index contributed by atoms with van der Waals surface area (Å²) >= 11 is 0. The molecule has 2 saturated carbocycles. The van der Waals surface area contributed by atoms with Crippen molar-refractivity contribution in [1.82, 2.24) is 0 Å². The summed E-state index contributed by atoms with van der Waals surface area (Å²) in [5.41, 5.74) is -1.26. The highest BCUT2D eigenvalue weighted by atomic mass is 16.3. The molecule has 0 aliphatic heterocycles. The maximum Gasteiger partial charge on any atom is 0.190 e. The van der Waals surface area contributed by atoms with Gasteiger partial charge < -0.3 is 20.4 Å². The van der Waals surface area contributed by atoms with E-state index in [2.05, 4.69) is 20.4 Å². The summed E-state index contributed by atoms with van der Waals surface area (Å²) in [5.74, 6) is -1.53. The molecule has 5 nitrogen and oxygen atoms in total. The summed E-state index contributed by atoms with van der Waals surface area (Å²) in [5, 5.41) is 43.0. The third-order valence-electron chi connectivity index (χ3n) is 7.08. The smallest absolute Gasteiger partial charge is 0.190 e. The Morgan fingerprint density at radius 2 is 1.84 bits per heavy atom. The number of hydrogen-bond acceptors (Lipinski definition) is 5. The number of aliphatic hydroxyl groups is 4. The Labute approximate surface area is 149 Å². The highest BCUT2D eigenvalue weighted by molar-refractivity contribution is 6.02. The zero-order valence-corrected chi connectivity index (χ0v) is 15.4. The van der Waals surface area contributed by atoms with Crippen molar-refractivity contribution in [3.05, 3.63) is 23.8 Å². The van der Waals surface area contributed by atoms with Crippen molar-refractivity contribution in [2.24, 2.45) is 29.1 Å². The van der Waals surface area contributed by atoms with E-state index in [1.807, 2.05) is 6.08 Å². The van der Waals surface area contributed by atoms with Gasteiger partial charge >= 0.3 is 0 Å². The molecule has 0 spiro atoms. The molecule has 4 N–H and O–H groups in total. The average Bonchev–Trinajstić information content (AvgIpc) is 2.92. The van der Waals surface area contributed by atoms with Crippen LogP contribution in [0.25, 0.3) is 0 Å². The van der Waals surface area contributed by atoms with Crippen LogP contribution in [0.4, 0.5) is 0 Å². The van der Waals surface area contributed by atoms with Gasteiger partial charge in [-0.3, -0.25) is 4.79 Å². The van der Waals surface area contributed by atoms with Crippen LogP contribution >= 0.6 is 0 Å². The van der Waals surface area contributed by atoms with E-state index in [4.69, 9.17) is 0 Å². The van der Waals surface area contributed by atoms with Gasteiger partial charge in [0.2, 0.25) is 0 Å². The molecule has 25 heavy (non-hydrogen) atoms. The molecular formula is C20H30O5. The number of Topliss-reactive ketones (excluding diaryl/α,β-unsaturated/α-hetero) is 1. The van der Waals surface area contributed by atoms with Gasteiger partial charge in [0, 0.05) is 0 Å². The lowest BCUT2D eigenvalue weighted by atomic mass is 9.77. The lowest BCUT2D eigenvalue weighted by Crippen LogP contribution is -2.51. The van der Waals surface area contributed by atoms with Gasteiger partial charge in [-0.2, -0.15) is 0 Å². The van der Waals surface area contributed by atoms with Crippen molar-refractivity contribution >= 4 is 5.78 Å². The number of ketones is 1. The standard InChI is InChI=1S/C20H30O5/c1-9-6-12-13(19(12,4)5)7-14(21)11(3)17(23)15-16(22)10(2)8-20(15,25)18(9)24/h6,10,12-17,21-23,25H,3,7-8H2,1-2,4-5H3. The number of allylic oxidation sites excluding steroid dienone is 1. The number of hydrogen-bond donors (Lipinski definition) is 4. The van der Waals surface area contributed by atoms with Crippen LogP contribution < -0.4 is 0 Å². The van der Waals surface area contributed by atoms with Crippen LogP contribution in [0.15, 0.2) is 23.8 Å². The molecule has 0 radical (unpaired) electrons. The molecule has 0 saturated heterocycles. The lowest BCUT2D eigenvalue weighted by Gasteiger charge is -2.35. The second-order valence-corrected chi connectivity index (χ2v) is 9.03. The Hall–Kier alpha value is -1.01. The summed E-state index contributed by atoms with van der Waals surface area (Å²) in [4.78, 5) is 13.0. The predicted octanol–water partition coefficient (Wildman–Crippen LogP) is 1.20. The van der Waals surface area contributed by atoms with Crippen molar-refractivity contribution in [1.29, 1.82) is 0 Å². The van der Waals surface area contributed by atoms with E-state index in [-0.39, 0.29) is 35.2 Å². The van der Waals surface area contributed by atoms with Gasteiger partial charge in [-0.15, -0.1) is 0 Å². The Kier molecular flexibility index (Phi) is 4.31. The molecule has 0 aromatic heterocycles. The lowest BCUT2D eigenvalue weighted by molar-refractivity contribution is -0.144. The molecule has 3 aliphatic carbocycles. The van der Waals surface area contributed by atoms with Crippen molar-refractivity contribution in [3.8, 4) is 0 Å². The number of carbonyl (C=O) groups excluding carboxylic acids is 1. The van der Waals surface area contributed by atoms with E-state index in [0.717, 1.165) is 0 Å². The van der Waals surface area contributed by atoms with E-state index < -0.39 is 35.6 Å². The van der Waals surface area contributed by atoms with Gasteiger partial charge in [-0.25, -0.2) is 0 Å². The van der Waals surface area contributed by atoms with Gasteiger partial charge in [0.1, 0.15) is 5.60 Å². The molecular weight excluding hydrogens is 320 g/mol. The normalized spacial score (nSPS) is 49.8. The van der Waals surface area contributed by atoms with Crippen LogP contribution in [0.5, 0.6) is 0 Å². The fourth-order valence-electron chi connectivity index (χ4n) is 5.15. The molecule has 0 bridgehead atoms. The fraction of sp³-hybridized carbons (Fsp3) is 0.750. The zero-order valence-electron chi connectivity index (χ0n) is 15.4. The van der Waals surface area contributed by atoms with E-state index >= 15 is 0 Å². The molecule has 0 aromatic carbocycles. The average molecular weight is 350 g/mol. The molecule has 3 rings (SSSR count). The summed E-state index contributed by atoms with van der Waals surface area (Å²) in [7, 11) is 0. The van der Waals surface area contributed by atoms with Gasteiger partial charge in [0.05, 0.1) is 24.2 Å². The third kappa shape index (κ3) is 2.64. The monoisotopic (exact) mass is 350 g/mol. The van der Waals surface area contributed by atoms with E-state index in [9.17, 15) is 25.2 Å². The topological polar surface area (TPSA) is 98.0 Å². The molecule has 3 aliphatic rings. The van der Waals surface area contributed by atoms with Crippen LogP contribution in [0.1, 0.15) is 40.5 Å². The van der Waals surface area contributed by atoms with Crippen LogP contribution in [0.2, 0.25) is 0 Å². The van der Waals surface area contributed by atoms with Crippen molar-refractivity contribution < 1.29 is 25.2 Å². The second-order valence-electron chi connectivity index (χ2n) is 9.03. The summed E-state index contributed by atoms with van der Waals surface area (Å²) < 4.78 is 0. The van der Waals surface area contributed by atoms with Crippen molar-refractivity contribution in [2.75, 3.05) is 0 Å². The van der Waals surface area contributed by atoms with E-state index in [1.165, 1.54) is 0 Å². The van der Waals surface area contributed by atoms with Crippen LogP contribution in [-0.2, 0) is 4.79 Å². The van der Waals surface area contributed by atoms with E-state index in [1.54, 1.807) is 13.8 Å². The zero-order chi connectivity index (χ0) is 18.9. The fourth-order valence-corrected chi connectivity index (χ4v) is 5.15. The Bertz CT molecular complexity index is 636. The quantitative estimate of drug-likeness (QED) is 0.492. The minimum Gasteiger partial charge on any atom is -0.392 e. The Balaban J connectivity index is 2.08. The molecule has 0 amide bonds. The third-order valence-corrected chi connectivity index (χ3v) is 7.08. The molecule has 8 unspecified atom stereocenters. The SMILES string of the molecule is C=C1C(O)CC2C(C=C(C)C(=O)C3(O)CC(C)C(O)C3C1O)C2(C)C. The van der Waals surface area contributed by atoms with Crippen LogP contribution in [-0.4, -0.2) is 50.1 Å².